The van der Waals surface area contributed by atoms with E-state index < -0.39 is 0 Å². The van der Waals surface area contributed by atoms with Gasteiger partial charge in [-0.25, -0.2) is 0 Å². The molecule has 1 saturated carbocycles. The van der Waals surface area contributed by atoms with Gasteiger partial charge < -0.3 is 10.2 Å². The Bertz CT molecular complexity index is 228. The van der Waals surface area contributed by atoms with E-state index in [0.717, 1.165) is 5.92 Å². The van der Waals surface area contributed by atoms with E-state index in [1.54, 1.807) is 19.0 Å². The molecule has 0 aromatic heterocycles. The molecule has 1 N–H and O–H groups in total. The van der Waals surface area contributed by atoms with Crippen molar-refractivity contribution < 1.29 is 4.79 Å². The van der Waals surface area contributed by atoms with Gasteiger partial charge in [-0.1, -0.05) is 13.8 Å². The fourth-order valence-corrected chi connectivity index (χ4v) is 2.38. The van der Waals surface area contributed by atoms with Crippen molar-refractivity contribution in [2.75, 3.05) is 14.1 Å². The minimum absolute atomic E-state index is 0.0576. The molecule has 0 aromatic carbocycles. The molecule has 3 heteroatoms. The van der Waals surface area contributed by atoms with Crippen molar-refractivity contribution in [3.8, 4) is 0 Å². The van der Waals surface area contributed by atoms with Crippen LogP contribution in [-0.4, -0.2) is 37.0 Å². The average molecular weight is 212 g/mol. The Morgan fingerprint density at radius 1 is 1.33 bits per heavy atom. The summed E-state index contributed by atoms with van der Waals surface area (Å²) in [6, 6.07) is 0.455. The molecule has 4 atom stereocenters. The molecule has 0 heterocycles. The number of amides is 1. The zero-order valence-corrected chi connectivity index (χ0v) is 10.6. The van der Waals surface area contributed by atoms with E-state index in [-0.39, 0.29) is 11.9 Å². The van der Waals surface area contributed by atoms with Crippen LogP contribution in [0.2, 0.25) is 0 Å². The first kappa shape index (κ1) is 12.5. The van der Waals surface area contributed by atoms with Crippen LogP contribution in [0.4, 0.5) is 0 Å². The molecule has 4 unspecified atom stereocenters. The molecule has 1 fully saturated rings. The molecule has 0 spiro atoms. The van der Waals surface area contributed by atoms with Gasteiger partial charge in [-0.15, -0.1) is 0 Å². The van der Waals surface area contributed by atoms with Crippen molar-refractivity contribution in [1.82, 2.24) is 10.2 Å². The Balaban J connectivity index is 2.45. The SMILES string of the molecule is CC(NC1CCC(C)C1C)C(=O)N(C)C. The standard InChI is InChI=1S/C12H24N2O/c1-8-6-7-11(9(8)2)13-10(3)12(15)14(4)5/h8-11,13H,6-7H2,1-5H3. The maximum Gasteiger partial charge on any atom is 0.238 e. The Kier molecular flexibility index (Phi) is 4.14. The van der Waals surface area contributed by atoms with E-state index in [1.165, 1.54) is 12.8 Å². The first-order valence-electron chi connectivity index (χ1n) is 5.90. The van der Waals surface area contributed by atoms with Crippen LogP contribution in [0.25, 0.3) is 0 Å². The molecule has 0 saturated heterocycles. The zero-order chi connectivity index (χ0) is 11.6. The fraction of sp³-hybridized carbons (Fsp3) is 0.917. The lowest BCUT2D eigenvalue weighted by molar-refractivity contribution is -0.130. The van der Waals surface area contributed by atoms with Crippen LogP contribution >= 0.6 is 0 Å². The monoisotopic (exact) mass is 212 g/mol. The quantitative estimate of drug-likeness (QED) is 0.768. The summed E-state index contributed by atoms with van der Waals surface area (Å²) in [7, 11) is 3.61. The van der Waals surface area contributed by atoms with Crippen molar-refractivity contribution in [2.24, 2.45) is 11.8 Å². The molecule has 1 aliphatic carbocycles. The molecular weight excluding hydrogens is 188 g/mol. The molecule has 1 aliphatic rings. The summed E-state index contributed by atoms with van der Waals surface area (Å²) < 4.78 is 0. The van der Waals surface area contributed by atoms with Gasteiger partial charge in [0.25, 0.3) is 0 Å². The van der Waals surface area contributed by atoms with Gasteiger partial charge in [0, 0.05) is 20.1 Å². The summed E-state index contributed by atoms with van der Waals surface area (Å²) in [6.45, 7) is 6.53. The van der Waals surface area contributed by atoms with Gasteiger partial charge >= 0.3 is 0 Å². The highest BCUT2D eigenvalue weighted by molar-refractivity contribution is 5.80. The number of nitrogens with zero attached hydrogens (tertiary/aromatic N) is 1. The fourth-order valence-electron chi connectivity index (χ4n) is 2.38. The third-order valence-corrected chi connectivity index (χ3v) is 3.74. The molecule has 0 aromatic rings. The van der Waals surface area contributed by atoms with Crippen molar-refractivity contribution in [1.29, 1.82) is 0 Å². The van der Waals surface area contributed by atoms with E-state index in [4.69, 9.17) is 0 Å². The van der Waals surface area contributed by atoms with Crippen molar-refractivity contribution in [3.63, 3.8) is 0 Å². The third-order valence-electron chi connectivity index (χ3n) is 3.74. The van der Waals surface area contributed by atoms with E-state index in [1.807, 2.05) is 6.92 Å². The number of nitrogens with one attached hydrogen (secondary N) is 1. The highest BCUT2D eigenvalue weighted by atomic mass is 16.2. The Morgan fingerprint density at radius 3 is 2.33 bits per heavy atom. The first-order valence-corrected chi connectivity index (χ1v) is 5.90. The van der Waals surface area contributed by atoms with Gasteiger partial charge in [0.05, 0.1) is 6.04 Å². The van der Waals surface area contributed by atoms with Crippen molar-refractivity contribution in [2.45, 2.75) is 45.7 Å². The van der Waals surface area contributed by atoms with Gasteiger partial charge in [-0.3, -0.25) is 4.79 Å². The molecule has 0 aliphatic heterocycles. The number of carbonyl (C=O) groups is 1. The smallest absolute Gasteiger partial charge is 0.238 e. The topological polar surface area (TPSA) is 32.3 Å². The normalized spacial score (nSPS) is 32.7. The zero-order valence-electron chi connectivity index (χ0n) is 10.6. The van der Waals surface area contributed by atoms with Crippen LogP contribution < -0.4 is 5.32 Å². The Labute approximate surface area is 93.2 Å². The summed E-state index contributed by atoms with van der Waals surface area (Å²) in [5.74, 6) is 1.63. The number of hydrogen-bond acceptors (Lipinski definition) is 2. The molecular formula is C12H24N2O. The summed E-state index contributed by atoms with van der Waals surface area (Å²) in [5.41, 5.74) is 0. The second-order valence-corrected chi connectivity index (χ2v) is 5.14. The summed E-state index contributed by atoms with van der Waals surface area (Å²) in [5, 5.41) is 3.45. The predicted molar refractivity (Wildman–Crippen MR) is 62.6 cm³/mol. The van der Waals surface area contributed by atoms with E-state index in [9.17, 15) is 4.79 Å². The Hall–Kier alpha value is -0.570. The second-order valence-electron chi connectivity index (χ2n) is 5.14. The maximum atomic E-state index is 11.7. The molecule has 0 radical (unpaired) electrons. The van der Waals surface area contributed by atoms with E-state index >= 15 is 0 Å². The van der Waals surface area contributed by atoms with Crippen LogP contribution in [0.3, 0.4) is 0 Å². The lowest BCUT2D eigenvalue weighted by atomic mass is 9.97. The molecule has 1 amide bonds. The van der Waals surface area contributed by atoms with Crippen molar-refractivity contribution >= 4 is 5.91 Å². The number of rotatable bonds is 3. The molecule has 88 valence electrons. The van der Waals surface area contributed by atoms with Crippen LogP contribution in [0.1, 0.15) is 33.6 Å². The lowest BCUT2D eigenvalue weighted by Crippen LogP contribution is -2.47. The van der Waals surface area contributed by atoms with Gasteiger partial charge in [-0.2, -0.15) is 0 Å². The highest BCUT2D eigenvalue weighted by Gasteiger charge is 2.31. The second kappa shape index (κ2) is 4.97. The van der Waals surface area contributed by atoms with Crippen LogP contribution in [0, 0.1) is 11.8 Å². The van der Waals surface area contributed by atoms with Crippen LogP contribution in [-0.2, 0) is 4.79 Å². The Morgan fingerprint density at radius 2 is 1.93 bits per heavy atom. The van der Waals surface area contributed by atoms with Crippen molar-refractivity contribution in [3.05, 3.63) is 0 Å². The van der Waals surface area contributed by atoms with E-state index in [2.05, 4.69) is 19.2 Å². The minimum Gasteiger partial charge on any atom is -0.347 e. The van der Waals surface area contributed by atoms with Crippen LogP contribution in [0.15, 0.2) is 0 Å². The predicted octanol–water partition coefficient (Wildman–Crippen LogP) is 1.49. The lowest BCUT2D eigenvalue weighted by Gasteiger charge is -2.25. The highest BCUT2D eigenvalue weighted by Crippen LogP contribution is 2.31. The van der Waals surface area contributed by atoms with Gasteiger partial charge in [-0.05, 0) is 31.6 Å². The number of carbonyl (C=O) groups excluding carboxylic acids is 1. The third kappa shape index (κ3) is 2.94. The minimum atomic E-state index is -0.0576. The summed E-state index contributed by atoms with van der Waals surface area (Å²) >= 11 is 0. The molecule has 3 nitrogen and oxygen atoms in total. The molecule has 0 bridgehead atoms. The average Bonchev–Trinajstić information content (AvgIpc) is 2.48. The molecule has 1 rings (SSSR count). The number of hydrogen-bond donors (Lipinski definition) is 1. The summed E-state index contributed by atoms with van der Waals surface area (Å²) in [4.78, 5) is 13.3. The van der Waals surface area contributed by atoms with Crippen LogP contribution in [0.5, 0.6) is 0 Å². The number of likely N-dealkylation sites (N-methyl/N-ethyl adjacent to an activating group) is 1. The largest absolute Gasteiger partial charge is 0.347 e. The van der Waals surface area contributed by atoms with Gasteiger partial charge in [0.1, 0.15) is 0 Å². The first-order chi connectivity index (χ1) is 6.93. The maximum absolute atomic E-state index is 11.7. The molecule has 15 heavy (non-hydrogen) atoms. The van der Waals surface area contributed by atoms with E-state index in [0.29, 0.717) is 12.0 Å². The summed E-state index contributed by atoms with van der Waals surface area (Å²) in [6.07, 6.45) is 2.48. The van der Waals surface area contributed by atoms with Gasteiger partial charge in [0.2, 0.25) is 5.91 Å². The van der Waals surface area contributed by atoms with Gasteiger partial charge in [0.15, 0.2) is 0 Å².